The molecule has 0 fully saturated rings. The summed E-state index contributed by atoms with van der Waals surface area (Å²) in [6, 6.07) is 3.83. The van der Waals surface area contributed by atoms with Crippen LogP contribution in [0.1, 0.15) is 29.3 Å². The van der Waals surface area contributed by atoms with Crippen molar-refractivity contribution in [3.63, 3.8) is 0 Å². The summed E-state index contributed by atoms with van der Waals surface area (Å²) < 4.78 is 26.9. The van der Waals surface area contributed by atoms with Crippen LogP contribution < -0.4 is 0 Å². The monoisotopic (exact) mass is 386 g/mol. The van der Waals surface area contributed by atoms with Crippen molar-refractivity contribution in [2.75, 3.05) is 6.26 Å². The molecule has 0 radical (unpaired) electrons. The van der Waals surface area contributed by atoms with Gasteiger partial charge in [-0.3, -0.25) is 0 Å². The van der Waals surface area contributed by atoms with E-state index in [1.807, 2.05) is 32.9 Å². The van der Waals surface area contributed by atoms with E-state index in [0.29, 0.717) is 17.7 Å². The lowest BCUT2D eigenvalue weighted by atomic mass is 10.1. The van der Waals surface area contributed by atoms with Crippen molar-refractivity contribution < 1.29 is 13.5 Å². The van der Waals surface area contributed by atoms with E-state index in [1.165, 1.54) is 4.68 Å². The van der Waals surface area contributed by atoms with Crippen LogP contribution in [0.3, 0.4) is 0 Å². The minimum absolute atomic E-state index is 0.0698. The molecule has 0 bridgehead atoms. The molecule has 1 aromatic carbocycles. The second-order valence-electron chi connectivity index (χ2n) is 5.31. The first-order valence-electron chi connectivity index (χ1n) is 6.89. The van der Waals surface area contributed by atoms with E-state index in [0.717, 1.165) is 27.5 Å². The van der Waals surface area contributed by atoms with Gasteiger partial charge in [0.1, 0.15) is 0 Å². The number of nitrogens with zero attached hydrogens (tertiary/aromatic N) is 2. The molecule has 0 saturated carbocycles. The normalized spacial score (nSPS) is 11.9. The number of aryl methyl sites for hydroxylation is 3. The molecule has 2 rings (SSSR count). The Balaban J connectivity index is 2.91. The van der Waals surface area contributed by atoms with Gasteiger partial charge < -0.3 is 5.11 Å². The Morgan fingerprint density at radius 3 is 2.23 bits per heavy atom. The average Bonchev–Trinajstić information content (AvgIpc) is 2.75. The third kappa shape index (κ3) is 2.98. The summed E-state index contributed by atoms with van der Waals surface area (Å²) in [4.78, 5) is 0. The van der Waals surface area contributed by atoms with Gasteiger partial charge in [-0.05, 0) is 43.5 Å². The Kier molecular flexibility index (Phi) is 4.79. The lowest BCUT2D eigenvalue weighted by Gasteiger charge is -2.13. The maximum absolute atomic E-state index is 12.2. The van der Waals surface area contributed by atoms with Crippen molar-refractivity contribution in [2.24, 2.45) is 0 Å². The molecule has 5 nitrogen and oxygen atoms in total. The van der Waals surface area contributed by atoms with E-state index >= 15 is 0 Å². The van der Waals surface area contributed by atoms with Crippen LogP contribution in [0.15, 0.2) is 21.6 Å². The summed E-state index contributed by atoms with van der Waals surface area (Å²) >= 11 is 3.44. The van der Waals surface area contributed by atoms with Crippen LogP contribution in [0.25, 0.3) is 5.69 Å². The molecule has 0 amide bonds. The Bertz CT molecular complexity index is 803. The van der Waals surface area contributed by atoms with E-state index < -0.39 is 9.84 Å². The molecule has 0 unspecified atom stereocenters. The van der Waals surface area contributed by atoms with Gasteiger partial charge in [0.25, 0.3) is 0 Å². The number of rotatable bonds is 4. The fraction of sp³-hybridized carbons (Fsp3) is 0.400. The van der Waals surface area contributed by atoms with Crippen LogP contribution >= 0.6 is 15.9 Å². The van der Waals surface area contributed by atoms with Gasteiger partial charge in [-0.1, -0.05) is 22.9 Å². The highest BCUT2D eigenvalue weighted by Crippen LogP contribution is 2.29. The molecular weight excluding hydrogens is 368 g/mol. The summed E-state index contributed by atoms with van der Waals surface area (Å²) in [5.41, 5.74) is 3.53. The first-order chi connectivity index (χ1) is 10.2. The fourth-order valence-corrected chi connectivity index (χ4v) is 4.45. The lowest BCUT2D eigenvalue weighted by Crippen LogP contribution is -2.12. The predicted octanol–water partition coefficient (Wildman–Crippen LogP) is 2.71. The molecule has 0 atom stereocenters. The third-order valence-corrected chi connectivity index (χ3v) is 5.11. The molecule has 0 aliphatic heterocycles. The van der Waals surface area contributed by atoms with Crippen molar-refractivity contribution in [2.45, 2.75) is 38.8 Å². The minimum Gasteiger partial charge on any atom is -0.392 e. The summed E-state index contributed by atoms with van der Waals surface area (Å²) in [5.74, 6) is 0. The minimum atomic E-state index is -3.53. The van der Waals surface area contributed by atoms with Crippen molar-refractivity contribution in [3.8, 4) is 5.69 Å². The molecule has 1 aromatic heterocycles. The second-order valence-corrected chi connectivity index (χ2v) is 8.16. The SMILES string of the molecule is CCc1nn(-c2c(C)cc(Br)cc2C)c(S(C)(=O)=O)c1CO. The first-order valence-corrected chi connectivity index (χ1v) is 9.58. The van der Waals surface area contributed by atoms with Gasteiger partial charge in [-0.2, -0.15) is 5.10 Å². The molecule has 1 heterocycles. The number of benzene rings is 1. The van der Waals surface area contributed by atoms with Crippen LogP contribution in [0.4, 0.5) is 0 Å². The van der Waals surface area contributed by atoms with Gasteiger partial charge in [0.05, 0.1) is 18.0 Å². The first kappa shape index (κ1) is 17.2. The van der Waals surface area contributed by atoms with Crippen molar-refractivity contribution >= 4 is 25.8 Å². The molecule has 22 heavy (non-hydrogen) atoms. The van der Waals surface area contributed by atoms with Gasteiger partial charge in [0.2, 0.25) is 0 Å². The van der Waals surface area contributed by atoms with Crippen molar-refractivity contribution in [1.29, 1.82) is 0 Å². The van der Waals surface area contributed by atoms with Gasteiger partial charge in [-0.25, -0.2) is 13.1 Å². The maximum atomic E-state index is 12.2. The fourth-order valence-electron chi connectivity index (χ4n) is 2.69. The number of hydrogen-bond donors (Lipinski definition) is 1. The Hall–Kier alpha value is -1.18. The van der Waals surface area contributed by atoms with Gasteiger partial charge in [0.15, 0.2) is 14.9 Å². The van der Waals surface area contributed by atoms with Crippen LogP contribution in [0, 0.1) is 13.8 Å². The standard InChI is InChI=1S/C15H19BrN2O3S/c1-5-13-12(8-19)15(22(4,20)21)18(17-13)14-9(2)6-11(16)7-10(14)3/h6-7,19H,5,8H2,1-4H3. The molecule has 120 valence electrons. The Morgan fingerprint density at radius 1 is 1.27 bits per heavy atom. The average molecular weight is 387 g/mol. The zero-order valence-electron chi connectivity index (χ0n) is 13.0. The largest absolute Gasteiger partial charge is 0.392 e. The van der Waals surface area contributed by atoms with Crippen molar-refractivity contribution in [1.82, 2.24) is 9.78 Å². The van der Waals surface area contributed by atoms with Crippen LogP contribution in [-0.4, -0.2) is 29.6 Å². The zero-order valence-corrected chi connectivity index (χ0v) is 15.4. The van der Waals surface area contributed by atoms with Gasteiger partial charge in [0, 0.05) is 16.3 Å². The molecule has 0 aliphatic carbocycles. The number of aliphatic hydroxyl groups excluding tert-OH is 1. The summed E-state index contributed by atoms with van der Waals surface area (Å²) in [6.07, 6.45) is 1.70. The van der Waals surface area contributed by atoms with Crippen LogP contribution in [-0.2, 0) is 22.9 Å². The maximum Gasteiger partial charge on any atom is 0.193 e. The zero-order chi connectivity index (χ0) is 16.7. The molecule has 0 saturated heterocycles. The molecular formula is C15H19BrN2O3S. The number of hydrogen-bond acceptors (Lipinski definition) is 4. The number of halogens is 1. The summed E-state index contributed by atoms with van der Waals surface area (Å²) in [6.45, 7) is 5.36. The van der Waals surface area contributed by atoms with Gasteiger partial charge >= 0.3 is 0 Å². The molecule has 2 aromatic rings. The van der Waals surface area contributed by atoms with Crippen LogP contribution in [0.2, 0.25) is 0 Å². The van der Waals surface area contributed by atoms with Gasteiger partial charge in [-0.15, -0.1) is 0 Å². The number of sulfone groups is 1. The lowest BCUT2D eigenvalue weighted by molar-refractivity contribution is 0.277. The summed E-state index contributed by atoms with van der Waals surface area (Å²) in [5, 5.41) is 14.1. The Labute approximate surface area is 139 Å². The van der Waals surface area contributed by atoms with E-state index in [4.69, 9.17) is 0 Å². The molecule has 0 spiro atoms. The third-order valence-electron chi connectivity index (χ3n) is 3.53. The second kappa shape index (κ2) is 6.14. The molecule has 7 heteroatoms. The highest BCUT2D eigenvalue weighted by Gasteiger charge is 2.26. The van der Waals surface area contributed by atoms with E-state index in [9.17, 15) is 13.5 Å². The van der Waals surface area contributed by atoms with E-state index in [1.54, 1.807) is 0 Å². The smallest absolute Gasteiger partial charge is 0.193 e. The highest BCUT2D eigenvalue weighted by atomic mass is 79.9. The number of aromatic nitrogens is 2. The molecule has 0 aliphatic rings. The van der Waals surface area contributed by atoms with E-state index in [-0.39, 0.29) is 11.6 Å². The van der Waals surface area contributed by atoms with E-state index in [2.05, 4.69) is 21.0 Å². The topological polar surface area (TPSA) is 72.2 Å². The number of aliphatic hydroxyl groups is 1. The quantitative estimate of drug-likeness (QED) is 0.876. The molecule has 1 N–H and O–H groups in total. The van der Waals surface area contributed by atoms with Crippen LogP contribution in [0.5, 0.6) is 0 Å². The van der Waals surface area contributed by atoms with Crippen molar-refractivity contribution in [3.05, 3.63) is 39.0 Å². The summed E-state index contributed by atoms with van der Waals surface area (Å²) in [7, 11) is -3.53. The Morgan fingerprint density at radius 2 is 1.82 bits per heavy atom. The highest BCUT2D eigenvalue weighted by molar-refractivity contribution is 9.10. The predicted molar refractivity (Wildman–Crippen MR) is 89.1 cm³/mol.